The molecule has 0 radical (unpaired) electrons. The number of halogens is 3. The van der Waals surface area contributed by atoms with Crippen molar-refractivity contribution in [2.75, 3.05) is 4.72 Å². The normalized spacial score (nSPS) is 11.6. The Bertz CT molecular complexity index is 1270. The van der Waals surface area contributed by atoms with Crippen LogP contribution in [0.1, 0.15) is 25.8 Å². The molecular weight excluding hydrogens is 470 g/mol. The third kappa shape index (κ3) is 5.09. The molecular formula is C23H19ClF2N4S2. The van der Waals surface area contributed by atoms with E-state index in [1.807, 2.05) is 24.3 Å². The van der Waals surface area contributed by atoms with Gasteiger partial charge in [0.15, 0.2) is 0 Å². The average molecular weight is 489 g/mol. The fourth-order valence-electron chi connectivity index (χ4n) is 2.87. The molecule has 4 rings (SSSR count). The maximum Gasteiger partial charge on any atom is 0.222 e. The Morgan fingerprint density at radius 1 is 1.03 bits per heavy atom. The lowest BCUT2D eigenvalue weighted by molar-refractivity contribution is 0.577. The second-order valence-electron chi connectivity index (χ2n) is 8.02. The highest BCUT2D eigenvalue weighted by Crippen LogP contribution is 2.41. The van der Waals surface area contributed by atoms with E-state index >= 15 is 0 Å². The SMILES string of the molecule is CC(C)(C)c1nc(-c2cccc(NSc3cc(F)ccc3F)c2)c(-c2ccnc(Cl)n2)s1. The summed E-state index contributed by atoms with van der Waals surface area (Å²) in [6.45, 7) is 6.32. The van der Waals surface area contributed by atoms with Crippen LogP contribution in [-0.2, 0) is 5.41 Å². The Morgan fingerprint density at radius 3 is 2.59 bits per heavy atom. The molecule has 0 aliphatic carbocycles. The molecule has 0 fully saturated rings. The molecule has 0 aliphatic heterocycles. The number of anilines is 1. The van der Waals surface area contributed by atoms with Crippen LogP contribution in [0.15, 0.2) is 59.6 Å². The zero-order valence-corrected chi connectivity index (χ0v) is 19.9. The van der Waals surface area contributed by atoms with E-state index in [2.05, 4.69) is 35.5 Å². The third-order valence-corrected chi connectivity index (χ3v) is 6.99. The monoisotopic (exact) mass is 488 g/mol. The molecule has 2 aromatic heterocycles. The summed E-state index contributed by atoms with van der Waals surface area (Å²) in [5.74, 6) is -0.980. The van der Waals surface area contributed by atoms with Crippen molar-refractivity contribution in [1.82, 2.24) is 15.0 Å². The van der Waals surface area contributed by atoms with E-state index in [9.17, 15) is 8.78 Å². The topological polar surface area (TPSA) is 50.7 Å². The Kier molecular flexibility index (Phi) is 6.46. The lowest BCUT2D eigenvalue weighted by Crippen LogP contribution is -2.10. The molecule has 164 valence electrons. The lowest BCUT2D eigenvalue weighted by Gasteiger charge is -2.13. The van der Waals surface area contributed by atoms with Gasteiger partial charge in [0.1, 0.15) is 11.6 Å². The number of nitrogens with zero attached hydrogens (tertiary/aromatic N) is 3. The van der Waals surface area contributed by atoms with E-state index in [1.165, 1.54) is 0 Å². The molecule has 2 heterocycles. The number of hydrogen-bond acceptors (Lipinski definition) is 6. The van der Waals surface area contributed by atoms with Crippen LogP contribution in [0.5, 0.6) is 0 Å². The second kappa shape index (κ2) is 9.13. The van der Waals surface area contributed by atoms with E-state index in [0.29, 0.717) is 5.69 Å². The largest absolute Gasteiger partial charge is 0.326 e. The van der Waals surface area contributed by atoms with E-state index in [1.54, 1.807) is 23.6 Å². The van der Waals surface area contributed by atoms with Gasteiger partial charge in [-0.05, 0) is 59.9 Å². The smallest absolute Gasteiger partial charge is 0.222 e. The van der Waals surface area contributed by atoms with E-state index < -0.39 is 11.6 Å². The van der Waals surface area contributed by atoms with Crippen LogP contribution < -0.4 is 4.72 Å². The molecule has 0 amide bonds. The fourth-order valence-corrected chi connectivity index (χ4v) is 4.82. The molecule has 1 N–H and O–H groups in total. The lowest BCUT2D eigenvalue weighted by atomic mass is 9.98. The fraction of sp³-hybridized carbons (Fsp3) is 0.174. The van der Waals surface area contributed by atoms with Crippen LogP contribution in [-0.4, -0.2) is 15.0 Å². The predicted octanol–water partition coefficient (Wildman–Crippen LogP) is 7.62. The van der Waals surface area contributed by atoms with E-state index in [-0.39, 0.29) is 15.6 Å². The summed E-state index contributed by atoms with van der Waals surface area (Å²) in [5, 5.41) is 1.13. The van der Waals surface area contributed by atoms with Gasteiger partial charge < -0.3 is 4.72 Å². The number of thiazole rings is 1. The summed E-state index contributed by atoms with van der Waals surface area (Å²) >= 11 is 8.61. The molecule has 4 nitrogen and oxygen atoms in total. The first-order valence-electron chi connectivity index (χ1n) is 9.69. The number of hydrogen-bond donors (Lipinski definition) is 1. The third-order valence-electron chi connectivity index (χ3n) is 4.44. The second-order valence-corrected chi connectivity index (χ2v) is 10.2. The first-order valence-corrected chi connectivity index (χ1v) is 11.7. The van der Waals surface area contributed by atoms with Crippen molar-refractivity contribution >= 4 is 40.6 Å². The van der Waals surface area contributed by atoms with Crippen LogP contribution in [0, 0.1) is 11.6 Å². The summed E-state index contributed by atoms with van der Waals surface area (Å²) in [6.07, 6.45) is 1.62. The van der Waals surface area contributed by atoms with Crippen molar-refractivity contribution in [3.8, 4) is 21.8 Å². The molecule has 0 aliphatic rings. The van der Waals surface area contributed by atoms with Crippen LogP contribution >= 0.6 is 34.9 Å². The minimum atomic E-state index is -0.491. The molecule has 32 heavy (non-hydrogen) atoms. The maximum absolute atomic E-state index is 13.9. The van der Waals surface area contributed by atoms with Gasteiger partial charge in [-0.25, -0.2) is 23.7 Å². The molecule has 0 atom stereocenters. The molecule has 9 heteroatoms. The van der Waals surface area contributed by atoms with Gasteiger partial charge in [0, 0.05) is 22.9 Å². The van der Waals surface area contributed by atoms with Crippen molar-refractivity contribution in [3.05, 3.63) is 76.7 Å². The van der Waals surface area contributed by atoms with E-state index in [4.69, 9.17) is 16.6 Å². The Labute approximate surface area is 198 Å². The summed E-state index contributed by atoms with van der Waals surface area (Å²) in [6, 6.07) is 12.8. The van der Waals surface area contributed by atoms with Crippen molar-refractivity contribution in [3.63, 3.8) is 0 Å². The Balaban J connectivity index is 1.70. The van der Waals surface area contributed by atoms with Gasteiger partial charge in [-0.3, -0.25) is 0 Å². The summed E-state index contributed by atoms with van der Waals surface area (Å²) in [5.41, 5.74) is 2.93. The first-order chi connectivity index (χ1) is 15.2. The van der Waals surface area contributed by atoms with Gasteiger partial charge in [0.2, 0.25) is 5.28 Å². The zero-order valence-electron chi connectivity index (χ0n) is 17.5. The average Bonchev–Trinajstić information content (AvgIpc) is 3.21. The van der Waals surface area contributed by atoms with Crippen LogP contribution in [0.25, 0.3) is 21.8 Å². The molecule has 4 aromatic rings. The maximum atomic E-state index is 13.9. The number of rotatable bonds is 5. The van der Waals surface area contributed by atoms with Crippen molar-refractivity contribution in [2.24, 2.45) is 0 Å². The van der Waals surface area contributed by atoms with Crippen molar-refractivity contribution in [1.29, 1.82) is 0 Å². The standard InChI is InChI=1S/C23H19ClF2N4S2/c1-23(2,3)21-29-19(20(31-21)17-9-10-27-22(24)28-17)13-5-4-6-15(11-13)30-32-18-12-14(25)7-8-16(18)26/h4-12,30H,1-3H3. The van der Waals surface area contributed by atoms with Crippen LogP contribution in [0.2, 0.25) is 5.28 Å². The van der Waals surface area contributed by atoms with Gasteiger partial charge in [-0.2, -0.15) is 0 Å². The molecule has 0 saturated heterocycles. The first kappa shape index (κ1) is 22.6. The summed E-state index contributed by atoms with van der Waals surface area (Å²) in [7, 11) is 0. The molecule has 2 aromatic carbocycles. The van der Waals surface area contributed by atoms with Gasteiger partial charge in [0.05, 0.1) is 26.2 Å². The van der Waals surface area contributed by atoms with E-state index in [0.717, 1.165) is 57.0 Å². The summed E-state index contributed by atoms with van der Waals surface area (Å²) in [4.78, 5) is 14.3. The number of aromatic nitrogens is 3. The number of nitrogens with one attached hydrogen (secondary N) is 1. The highest BCUT2D eigenvalue weighted by Gasteiger charge is 2.24. The quantitative estimate of drug-likeness (QED) is 0.231. The Hall–Kier alpha value is -2.55. The zero-order chi connectivity index (χ0) is 22.9. The van der Waals surface area contributed by atoms with Crippen molar-refractivity contribution < 1.29 is 8.78 Å². The Morgan fingerprint density at radius 2 is 1.84 bits per heavy atom. The summed E-state index contributed by atoms with van der Waals surface area (Å²) < 4.78 is 30.5. The van der Waals surface area contributed by atoms with Gasteiger partial charge in [-0.15, -0.1) is 11.3 Å². The number of benzene rings is 2. The predicted molar refractivity (Wildman–Crippen MR) is 128 cm³/mol. The van der Waals surface area contributed by atoms with Crippen LogP contribution in [0.3, 0.4) is 0 Å². The highest BCUT2D eigenvalue weighted by atomic mass is 35.5. The molecule has 0 bridgehead atoms. The van der Waals surface area contributed by atoms with Crippen molar-refractivity contribution in [2.45, 2.75) is 31.1 Å². The molecule has 0 spiro atoms. The van der Waals surface area contributed by atoms with Gasteiger partial charge >= 0.3 is 0 Å². The van der Waals surface area contributed by atoms with Crippen LogP contribution in [0.4, 0.5) is 14.5 Å². The van der Waals surface area contributed by atoms with Gasteiger partial charge in [-0.1, -0.05) is 32.9 Å². The minimum Gasteiger partial charge on any atom is -0.326 e. The van der Waals surface area contributed by atoms with Gasteiger partial charge in [0.25, 0.3) is 0 Å². The molecule has 0 unspecified atom stereocenters. The molecule has 0 saturated carbocycles. The minimum absolute atomic E-state index is 0.144. The highest BCUT2D eigenvalue weighted by molar-refractivity contribution is 8.00.